The predicted octanol–water partition coefficient (Wildman–Crippen LogP) is 7.73. The summed E-state index contributed by atoms with van der Waals surface area (Å²) in [5, 5.41) is 9.29. The molecular weight excluding hydrogens is 768 g/mol. The summed E-state index contributed by atoms with van der Waals surface area (Å²) in [7, 11) is 0. The second-order valence-corrected chi connectivity index (χ2v) is 12.2. The topological polar surface area (TPSA) is 101 Å². The normalized spacial score (nSPS) is 12.0. The molecule has 0 saturated heterocycles. The lowest BCUT2D eigenvalue weighted by molar-refractivity contribution is -0.156. The Morgan fingerprint density at radius 1 is 0.700 bits per heavy atom. The van der Waals surface area contributed by atoms with Gasteiger partial charge in [-0.1, -0.05) is 35.8 Å². The molecule has 0 aliphatic rings. The van der Waals surface area contributed by atoms with Crippen LogP contribution in [0.25, 0.3) is 0 Å². The van der Waals surface area contributed by atoms with Crippen molar-refractivity contribution in [2.45, 2.75) is 45.8 Å². The fourth-order valence-electron chi connectivity index (χ4n) is 4.45. The largest absolute Gasteiger partial charge is 0.488 e. The molecule has 0 aromatic heterocycles. The predicted molar refractivity (Wildman–Crippen MR) is 200 cm³/mol. The van der Waals surface area contributed by atoms with Gasteiger partial charge < -0.3 is 28.8 Å². The number of rotatable bonds is 17. The summed E-state index contributed by atoms with van der Waals surface area (Å²) < 4.78 is 29.1. The zero-order valence-corrected chi connectivity index (χ0v) is 31.4. The molecule has 0 fully saturated rings. The Hall–Kier alpha value is -4.32. The van der Waals surface area contributed by atoms with Crippen LogP contribution in [0.4, 0.5) is 0 Å². The van der Waals surface area contributed by atoms with Gasteiger partial charge in [-0.25, -0.2) is 9.59 Å². The standard InChI is InChI=1S/C40H40Br2O8/c1-4-46-37(39(43)44)27-31-19-21-35(33(41)25-31)49-23-11-7-9-13-29-15-17-30(18-16-29)14-10-8-12-24-50-36-22-20-32(26-34(36)42)28-38(47-5-2)40(45)48-6-3/h7-8,11-12,15-22,25-26,37-38H,4-6,23-24,27-28H2,1-3H3,(H,43,44)/b11-7+,12-8+/t37-,38-/m0/s1. The van der Waals surface area contributed by atoms with Crippen molar-refractivity contribution in [1.29, 1.82) is 0 Å². The molecule has 0 saturated carbocycles. The van der Waals surface area contributed by atoms with Crippen LogP contribution in [0.2, 0.25) is 0 Å². The van der Waals surface area contributed by atoms with E-state index >= 15 is 0 Å². The van der Waals surface area contributed by atoms with Crippen LogP contribution in [0, 0.1) is 23.7 Å². The molecular formula is C40H40Br2O8. The van der Waals surface area contributed by atoms with Gasteiger partial charge >= 0.3 is 11.9 Å². The third-order valence-electron chi connectivity index (χ3n) is 6.79. The van der Waals surface area contributed by atoms with Crippen LogP contribution in [0.3, 0.4) is 0 Å². The molecule has 0 unspecified atom stereocenters. The van der Waals surface area contributed by atoms with Crippen molar-refractivity contribution in [1.82, 2.24) is 0 Å². The van der Waals surface area contributed by atoms with Crippen LogP contribution in [0.5, 0.6) is 11.5 Å². The number of carboxylic acids is 1. The molecule has 0 aliphatic heterocycles. The molecule has 262 valence electrons. The van der Waals surface area contributed by atoms with Crippen LogP contribution >= 0.6 is 31.9 Å². The number of esters is 1. The van der Waals surface area contributed by atoms with E-state index in [1.54, 1.807) is 32.1 Å². The van der Waals surface area contributed by atoms with Gasteiger partial charge in [0.2, 0.25) is 0 Å². The Bertz CT molecular complexity index is 1740. The van der Waals surface area contributed by atoms with Gasteiger partial charge in [0.1, 0.15) is 24.7 Å². The molecule has 10 heteroatoms. The minimum absolute atomic E-state index is 0.271. The molecule has 50 heavy (non-hydrogen) atoms. The lowest BCUT2D eigenvalue weighted by atomic mass is 10.1. The second kappa shape index (κ2) is 22.4. The number of allylic oxidation sites excluding steroid dienone is 2. The van der Waals surface area contributed by atoms with E-state index in [4.69, 9.17) is 23.7 Å². The summed E-state index contributed by atoms with van der Waals surface area (Å²) in [5.74, 6) is 12.2. The van der Waals surface area contributed by atoms with Gasteiger partial charge in [0.05, 0.1) is 15.6 Å². The van der Waals surface area contributed by atoms with Crippen molar-refractivity contribution in [3.8, 4) is 35.2 Å². The molecule has 0 bridgehead atoms. The Kier molecular flexibility index (Phi) is 18.0. The van der Waals surface area contributed by atoms with Crippen molar-refractivity contribution < 1.29 is 38.4 Å². The van der Waals surface area contributed by atoms with Gasteiger partial charge in [0.25, 0.3) is 0 Å². The first-order chi connectivity index (χ1) is 24.2. The minimum Gasteiger partial charge on any atom is -0.488 e. The highest BCUT2D eigenvalue weighted by atomic mass is 79.9. The van der Waals surface area contributed by atoms with Gasteiger partial charge in [-0.2, -0.15) is 0 Å². The van der Waals surface area contributed by atoms with Crippen LogP contribution < -0.4 is 9.47 Å². The lowest BCUT2D eigenvalue weighted by Gasteiger charge is -2.16. The first-order valence-electron chi connectivity index (χ1n) is 16.1. The van der Waals surface area contributed by atoms with E-state index in [9.17, 15) is 14.7 Å². The fourth-order valence-corrected chi connectivity index (χ4v) is 5.53. The molecule has 1 N–H and O–H groups in total. The molecule has 3 rings (SSSR count). The molecule has 0 aliphatic carbocycles. The monoisotopic (exact) mass is 806 g/mol. The van der Waals surface area contributed by atoms with E-state index in [2.05, 4.69) is 55.5 Å². The Balaban J connectivity index is 1.41. The highest BCUT2D eigenvalue weighted by molar-refractivity contribution is 9.10. The van der Waals surface area contributed by atoms with Crippen LogP contribution in [0.15, 0.2) is 93.9 Å². The maximum absolute atomic E-state index is 12.2. The van der Waals surface area contributed by atoms with E-state index < -0.39 is 18.2 Å². The van der Waals surface area contributed by atoms with Crippen LogP contribution in [-0.2, 0) is 36.6 Å². The summed E-state index contributed by atoms with van der Waals surface area (Å²) >= 11 is 7.03. The van der Waals surface area contributed by atoms with E-state index in [-0.39, 0.29) is 12.4 Å². The maximum Gasteiger partial charge on any atom is 0.335 e. The number of aliphatic carboxylic acids is 1. The fraction of sp³-hybridized carbons (Fsp3) is 0.300. The maximum atomic E-state index is 12.2. The van der Waals surface area contributed by atoms with Gasteiger partial charge in [-0.05, 0) is 137 Å². The molecule has 0 amide bonds. The summed E-state index contributed by atoms with van der Waals surface area (Å²) in [4.78, 5) is 23.5. The highest BCUT2D eigenvalue weighted by Crippen LogP contribution is 2.28. The molecule has 0 spiro atoms. The molecule has 3 aromatic carbocycles. The molecule has 8 nitrogen and oxygen atoms in total. The number of ether oxygens (including phenoxy) is 5. The Labute approximate surface area is 311 Å². The third kappa shape index (κ3) is 14.3. The third-order valence-corrected chi connectivity index (χ3v) is 8.03. The number of benzene rings is 3. The van der Waals surface area contributed by atoms with Crippen LogP contribution in [0.1, 0.15) is 43.0 Å². The SMILES string of the molecule is CCOC(=O)[C@H](Cc1ccc(OC/C=C/C#Cc2ccc(C#C/C=C/COc3ccc(C[C@H](OCC)C(=O)O)cc3Br)cc2)c(Br)c1)OCC. The van der Waals surface area contributed by atoms with Crippen molar-refractivity contribution in [2.24, 2.45) is 0 Å². The summed E-state index contributed by atoms with van der Waals surface area (Å²) in [5.41, 5.74) is 3.49. The average Bonchev–Trinajstić information content (AvgIpc) is 3.09. The van der Waals surface area contributed by atoms with Gasteiger partial charge in [-0.3, -0.25) is 0 Å². The molecule has 2 atom stereocenters. The van der Waals surface area contributed by atoms with Gasteiger partial charge in [-0.15, -0.1) is 0 Å². The highest BCUT2D eigenvalue weighted by Gasteiger charge is 2.21. The number of hydrogen-bond acceptors (Lipinski definition) is 7. The minimum atomic E-state index is -0.984. The quantitative estimate of drug-likeness (QED) is 0.109. The smallest absolute Gasteiger partial charge is 0.335 e. The zero-order valence-electron chi connectivity index (χ0n) is 28.2. The van der Waals surface area contributed by atoms with Crippen molar-refractivity contribution >= 4 is 43.8 Å². The van der Waals surface area contributed by atoms with Gasteiger partial charge in [0.15, 0.2) is 12.2 Å². The van der Waals surface area contributed by atoms with Crippen molar-refractivity contribution in [3.05, 3.63) is 116 Å². The first kappa shape index (κ1) is 40.1. The Morgan fingerprint density at radius 2 is 1.16 bits per heavy atom. The summed E-state index contributed by atoms with van der Waals surface area (Å²) in [6.45, 7) is 7.13. The molecule has 3 aromatic rings. The number of carbonyl (C=O) groups excluding carboxylic acids is 1. The lowest BCUT2D eigenvalue weighted by Crippen LogP contribution is -2.29. The summed E-state index contributed by atoms with van der Waals surface area (Å²) in [6, 6.07) is 18.8. The van der Waals surface area contributed by atoms with E-state index in [0.717, 1.165) is 31.2 Å². The Morgan fingerprint density at radius 3 is 1.58 bits per heavy atom. The van der Waals surface area contributed by atoms with Crippen molar-refractivity contribution in [3.63, 3.8) is 0 Å². The van der Waals surface area contributed by atoms with E-state index in [0.29, 0.717) is 51.0 Å². The summed E-state index contributed by atoms with van der Waals surface area (Å²) in [6.07, 6.45) is 6.29. The number of carboxylic acid groups (broad SMARTS) is 1. The number of halogens is 2. The van der Waals surface area contributed by atoms with Crippen molar-refractivity contribution in [2.75, 3.05) is 33.0 Å². The van der Waals surface area contributed by atoms with Crippen LogP contribution in [-0.4, -0.2) is 62.3 Å². The molecule has 0 radical (unpaired) electrons. The first-order valence-corrected chi connectivity index (χ1v) is 17.7. The second-order valence-electron chi connectivity index (χ2n) is 10.5. The van der Waals surface area contributed by atoms with Gasteiger partial charge in [0, 0.05) is 37.2 Å². The molecule has 0 heterocycles. The zero-order chi connectivity index (χ0) is 36.1. The van der Waals surface area contributed by atoms with E-state index in [1.807, 2.05) is 73.7 Å². The number of hydrogen-bond donors (Lipinski definition) is 1. The average molecular weight is 809 g/mol. The van der Waals surface area contributed by atoms with E-state index in [1.165, 1.54) is 0 Å². The number of carbonyl (C=O) groups is 2.